The van der Waals surface area contributed by atoms with Gasteiger partial charge in [-0.3, -0.25) is 9.59 Å². The minimum atomic E-state index is -4.98. The molecule has 0 unspecified atom stereocenters. The molecule has 3 rings (SSSR count). The number of anilines is 1. The quantitative estimate of drug-likeness (QED) is 0.528. The van der Waals surface area contributed by atoms with E-state index in [4.69, 9.17) is 0 Å². The first-order chi connectivity index (χ1) is 15.4. The summed E-state index contributed by atoms with van der Waals surface area (Å²) in [7, 11) is 0. The molecule has 1 saturated heterocycles. The first kappa shape index (κ1) is 25.3. The Labute approximate surface area is 187 Å². The summed E-state index contributed by atoms with van der Waals surface area (Å²) >= 11 is 0. The molecule has 0 spiro atoms. The van der Waals surface area contributed by atoms with Gasteiger partial charge < -0.3 is 16.0 Å². The summed E-state index contributed by atoms with van der Waals surface area (Å²) in [4.78, 5) is 24.6. The average Bonchev–Trinajstić information content (AvgIpc) is 2.74. The van der Waals surface area contributed by atoms with Crippen LogP contribution < -0.4 is 16.0 Å². The molecule has 1 aliphatic carbocycles. The lowest BCUT2D eigenvalue weighted by Gasteiger charge is -2.31. The highest BCUT2D eigenvalue weighted by Crippen LogP contribution is 2.37. The van der Waals surface area contributed by atoms with Crippen LogP contribution in [0.4, 0.5) is 32.0 Å². The lowest BCUT2D eigenvalue weighted by atomic mass is 9.83. The maximum atomic E-state index is 13.0. The number of hydrogen-bond acceptors (Lipinski definition) is 3. The van der Waals surface area contributed by atoms with Crippen LogP contribution in [0.25, 0.3) is 0 Å². The highest BCUT2D eigenvalue weighted by Gasteiger charge is 2.37. The molecule has 0 bridgehead atoms. The first-order valence-electron chi connectivity index (χ1n) is 11.0. The highest BCUT2D eigenvalue weighted by molar-refractivity contribution is 5.91. The number of amides is 2. The van der Waals surface area contributed by atoms with E-state index in [-0.39, 0.29) is 36.4 Å². The third kappa shape index (κ3) is 7.35. The molecule has 2 amide bonds. The van der Waals surface area contributed by atoms with Crippen LogP contribution in [0.15, 0.2) is 18.2 Å². The summed E-state index contributed by atoms with van der Waals surface area (Å²) in [6.45, 7) is 0.816. The molecule has 0 aromatic heterocycles. The molecule has 1 aromatic carbocycles. The van der Waals surface area contributed by atoms with Crippen LogP contribution >= 0.6 is 0 Å². The van der Waals surface area contributed by atoms with Gasteiger partial charge in [0.05, 0.1) is 17.2 Å². The van der Waals surface area contributed by atoms with Gasteiger partial charge in [-0.25, -0.2) is 0 Å². The predicted octanol–water partition coefficient (Wildman–Crippen LogP) is 4.87. The minimum Gasteiger partial charge on any atom is -0.352 e. The van der Waals surface area contributed by atoms with Gasteiger partial charge in [0.25, 0.3) is 0 Å². The van der Waals surface area contributed by atoms with Gasteiger partial charge in [0.2, 0.25) is 11.8 Å². The Morgan fingerprint density at radius 2 is 1.48 bits per heavy atom. The summed E-state index contributed by atoms with van der Waals surface area (Å²) in [5.41, 5.74) is -3.49. The number of benzene rings is 1. The number of hydrogen-bond donors (Lipinski definition) is 3. The van der Waals surface area contributed by atoms with Crippen molar-refractivity contribution in [2.75, 3.05) is 11.9 Å². The fourth-order valence-electron chi connectivity index (χ4n) is 4.39. The van der Waals surface area contributed by atoms with Gasteiger partial charge in [0.1, 0.15) is 0 Å². The van der Waals surface area contributed by atoms with Gasteiger partial charge in [-0.05, 0) is 69.2 Å². The Hall–Kier alpha value is -2.30. The molecule has 3 N–H and O–H groups in total. The van der Waals surface area contributed by atoms with E-state index in [1.807, 2.05) is 0 Å². The fraction of sp³-hybridized carbons (Fsp3) is 0.636. The van der Waals surface area contributed by atoms with Crippen molar-refractivity contribution in [3.63, 3.8) is 0 Å². The molecule has 0 radical (unpaired) electrons. The normalized spacial score (nSPS) is 24.2. The Morgan fingerprint density at radius 1 is 0.879 bits per heavy atom. The second kappa shape index (κ2) is 10.3. The number of halogens is 6. The Morgan fingerprint density at radius 3 is 2.00 bits per heavy atom. The van der Waals surface area contributed by atoms with Crippen LogP contribution in [0.2, 0.25) is 0 Å². The third-order valence-corrected chi connectivity index (χ3v) is 6.17. The van der Waals surface area contributed by atoms with Crippen molar-refractivity contribution in [1.82, 2.24) is 10.6 Å². The van der Waals surface area contributed by atoms with Gasteiger partial charge in [0, 0.05) is 18.2 Å². The average molecular weight is 479 g/mol. The standard InChI is InChI=1S/C22H27F6N3O2/c23-21(24,25)14-10-15(22(26,27)28)12-17(11-14)30-19(32)9-13-4-6-16(7-5-13)31-20(33)18-3-1-2-8-29-18/h10-13,16,18,29H,1-9H2,(H,30,32)(H,31,33)/t13?,16?,18-/m0/s1. The lowest BCUT2D eigenvalue weighted by Crippen LogP contribution is -2.50. The van der Waals surface area contributed by atoms with E-state index in [1.165, 1.54) is 0 Å². The molecule has 11 heteroatoms. The molecule has 5 nitrogen and oxygen atoms in total. The van der Waals surface area contributed by atoms with Gasteiger partial charge in [0.15, 0.2) is 0 Å². The molecular weight excluding hydrogens is 452 g/mol. The number of alkyl halides is 6. The van der Waals surface area contributed by atoms with Crippen LogP contribution in [0.5, 0.6) is 0 Å². The molecule has 33 heavy (non-hydrogen) atoms. The molecule has 2 fully saturated rings. The summed E-state index contributed by atoms with van der Waals surface area (Å²) in [5.74, 6) is -0.721. The smallest absolute Gasteiger partial charge is 0.352 e. The third-order valence-electron chi connectivity index (χ3n) is 6.17. The van der Waals surface area contributed by atoms with Crippen molar-refractivity contribution in [1.29, 1.82) is 0 Å². The van der Waals surface area contributed by atoms with Crippen molar-refractivity contribution in [3.05, 3.63) is 29.3 Å². The van der Waals surface area contributed by atoms with Crippen LogP contribution in [-0.4, -0.2) is 30.4 Å². The van der Waals surface area contributed by atoms with E-state index in [0.29, 0.717) is 37.8 Å². The Bertz CT molecular complexity index is 809. The number of rotatable bonds is 5. The van der Waals surface area contributed by atoms with E-state index in [0.717, 1.165) is 25.8 Å². The van der Waals surface area contributed by atoms with Crippen molar-refractivity contribution in [2.24, 2.45) is 5.92 Å². The summed E-state index contributed by atoms with van der Waals surface area (Å²) in [6, 6.07) is 0.834. The molecule has 1 heterocycles. The van der Waals surface area contributed by atoms with Crippen LogP contribution in [-0.2, 0) is 21.9 Å². The minimum absolute atomic E-state index is 0.00153. The van der Waals surface area contributed by atoms with Gasteiger partial charge in [-0.2, -0.15) is 26.3 Å². The second-order valence-corrected chi connectivity index (χ2v) is 8.78. The zero-order valence-electron chi connectivity index (χ0n) is 17.9. The van der Waals surface area contributed by atoms with E-state index in [2.05, 4.69) is 16.0 Å². The summed E-state index contributed by atoms with van der Waals surface area (Å²) in [5, 5.41) is 8.40. The van der Waals surface area contributed by atoms with E-state index in [1.54, 1.807) is 0 Å². The van der Waals surface area contributed by atoms with Crippen LogP contribution in [0.3, 0.4) is 0 Å². The summed E-state index contributed by atoms with van der Waals surface area (Å²) < 4.78 is 77.9. The van der Waals surface area contributed by atoms with E-state index in [9.17, 15) is 35.9 Å². The molecule has 1 saturated carbocycles. The molecule has 184 valence electrons. The zero-order chi connectivity index (χ0) is 24.2. The molecule has 1 atom stereocenters. The Kier molecular flexibility index (Phi) is 7.92. The van der Waals surface area contributed by atoms with E-state index >= 15 is 0 Å². The van der Waals surface area contributed by atoms with Gasteiger partial charge >= 0.3 is 12.4 Å². The molecular formula is C22H27F6N3O2. The largest absolute Gasteiger partial charge is 0.416 e. The SMILES string of the molecule is O=C(CC1CCC(NC(=O)[C@@H]2CCCCN2)CC1)Nc1cc(C(F)(F)F)cc(C(F)(F)F)c1. The van der Waals surface area contributed by atoms with Crippen molar-refractivity contribution >= 4 is 17.5 Å². The lowest BCUT2D eigenvalue weighted by molar-refractivity contribution is -0.143. The van der Waals surface area contributed by atoms with Gasteiger partial charge in [-0.15, -0.1) is 0 Å². The maximum absolute atomic E-state index is 13.0. The monoisotopic (exact) mass is 479 g/mol. The van der Waals surface area contributed by atoms with Crippen molar-refractivity contribution in [2.45, 2.75) is 75.8 Å². The second-order valence-electron chi connectivity index (χ2n) is 8.78. The Balaban J connectivity index is 1.52. The zero-order valence-corrected chi connectivity index (χ0v) is 17.9. The van der Waals surface area contributed by atoms with Crippen LogP contribution in [0, 0.1) is 5.92 Å². The summed E-state index contributed by atoms with van der Waals surface area (Å²) in [6.07, 6.45) is -4.52. The number of piperidine rings is 1. The van der Waals surface area contributed by atoms with Gasteiger partial charge in [-0.1, -0.05) is 6.42 Å². The maximum Gasteiger partial charge on any atom is 0.416 e. The van der Waals surface area contributed by atoms with Crippen molar-refractivity contribution < 1.29 is 35.9 Å². The number of nitrogens with one attached hydrogen (secondary N) is 3. The number of carbonyl (C=O) groups is 2. The van der Waals surface area contributed by atoms with Crippen molar-refractivity contribution in [3.8, 4) is 0 Å². The molecule has 1 aliphatic heterocycles. The molecule has 2 aliphatic rings. The van der Waals surface area contributed by atoms with E-state index < -0.39 is 35.1 Å². The molecule has 1 aromatic rings. The topological polar surface area (TPSA) is 70.2 Å². The van der Waals surface area contributed by atoms with Crippen LogP contribution in [0.1, 0.15) is 62.5 Å². The first-order valence-corrected chi connectivity index (χ1v) is 11.0. The predicted molar refractivity (Wildman–Crippen MR) is 109 cm³/mol. The fourth-order valence-corrected chi connectivity index (χ4v) is 4.39. The highest BCUT2D eigenvalue weighted by atomic mass is 19.4. The number of carbonyl (C=O) groups excluding carboxylic acids is 2.